The number of fused-ring (bicyclic) bond motifs is 1. The molecule has 2 N–H and O–H groups in total. The number of aromatic nitrogens is 2. The molecule has 35 heavy (non-hydrogen) atoms. The minimum atomic E-state index is -4.96. The van der Waals surface area contributed by atoms with Gasteiger partial charge in [0.15, 0.2) is 0 Å². The molecule has 8 nitrogen and oxygen atoms in total. The minimum Gasteiger partial charge on any atom is -0.460 e. The zero-order valence-electron chi connectivity index (χ0n) is 18.0. The van der Waals surface area contributed by atoms with Crippen LogP contribution in [0.3, 0.4) is 0 Å². The van der Waals surface area contributed by atoms with Gasteiger partial charge in [0, 0.05) is 17.3 Å². The number of H-pyrrole nitrogens is 1. The molecule has 12 heteroatoms. The van der Waals surface area contributed by atoms with Crippen LogP contribution in [0.1, 0.15) is 23.2 Å². The van der Waals surface area contributed by atoms with Crippen molar-refractivity contribution in [2.45, 2.75) is 19.8 Å². The third kappa shape index (κ3) is 5.60. The lowest BCUT2D eigenvalue weighted by atomic mass is 10.1. The van der Waals surface area contributed by atoms with Gasteiger partial charge < -0.3 is 24.2 Å². The molecule has 0 unspecified atom stereocenters. The Morgan fingerprint density at radius 3 is 2.69 bits per heavy atom. The van der Waals surface area contributed by atoms with E-state index in [1.807, 2.05) is 0 Å². The number of esters is 1. The third-order valence-electron chi connectivity index (χ3n) is 4.73. The van der Waals surface area contributed by atoms with Crippen LogP contribution in [0.2, 0.25) is 0 Å². The Kier molecular flexibility index (Phi) is 6.45. The number of nitrogens with zero attached hydrogens (tertiary/aromatic N) is 1. The van der Waals surface area contributed by atoms with E-state index in [1.54, 1.807) is 6.92 Å². The number of hydrogen-bond acceptors (Lipinski definition) is 7. The molecule has 0 saturated heterocycles. The Balaban J connectivity index is 1.71. The lowest BCUT2D eigenvalue weighted by Gasteiger charge is -2.14. The predicted molar refractivity (Wildman–Crippen MR) is 116 cm³/mol. The van der Waals surface area contributed by atoms with Gasteiger partial charge in [-0.25, -0.2) is 14.2 Å². The summed E-state index contributed by atoms with van der Waals surface area (Å²) in [6.07, 6.45) is -4.96. The van der Waals surface area contributed by atoms with Crippen LogP contribution in [-0.4, -0.2) is 28.9 Å². The molecule has 0 fully saturated rings. The molecule has 0 aliphatic heterocycles. The maximum atomic E-state index is 13.7. The van der Waals surface area contributed by atoms with Crippen LogP contribution in [-0.2, 0) is 11.3 Å². The molecule has 0 radical (unpaired) electrons. The van der Waals surface area contributed by atoms with Crippen molar-refractivity contribution in [3.8, 4) is 17.0 Å². The molecular weight excluding hydrogens is 474 g/mol. The van der Waals surface area contributed by atoms with Crippen LogP contribution in [0, 0.1) is 5.82 Å². The van der Waals surface area contributed by atoms with E-state index in [0.717, 1.165) is 24.3 Å². The number of ether oxygens (including phenoxy) is 2. The van der Waals surface area contributed by atoms with Crippen LogP contribution in [0.25, 0.3) is 22.3 Å². The van der Waals surface area contributed by atoms with Crippen molar-refractivity contribution in [1.29, 1.82) is 0 Å². The van der Waals surface area contributed by atoms with E-state index in [-0.39, 0.29) is 46.9 Å². The molecule has 0 aliphatic carbocycles. The van der Waals surface area contributed by atoms with E-state index in [4.69, 9.17) is 9.15 Å². The van der Waals surface area contributed by atoms with Crippen LogP contribution in [0.4, 0.5) is 23.2 Å². The van der Waals surface area contributed by atoms with Crippen LogP contribution in [0.15, 0.2) is 57.7 Å². The molecule has 0 saturated carbocycles. The van der Waals surface area contributed by atoms with Crippen molar-refractivity contribution < 1.29 is 36.2 Å². The number of carbonyl (C=O) groups excluding carboxylic acids is 1. The normalized spacial score (nSPS) is 11.5. The second-order valence-electron chi connectivity index (χ2n) is 7.17. The second-order valence-corrected chi connectivity index (χ2v) is 7.17. The van der Waals surface area contributed by atoms with Crippen molar-refractivity contribution in [2.75, 3.05) is 11.9 Å². The number of furan rings is 1. The summed E-state index contributed by atoms with van der Waals surface area (Å²) in [4.78, 5) is 31.2. The van der Waals surface area contributed by atoms with Gasteiger partial charge >= 0.3 is 12.3 Å². The highest BCUT2D eigenvalue weighted by atomic mass is 19.4. The zero-order valence-corrected chi connectivity index (χ0v) is 18.0. The lowest BCUT2D eigenvalue weighted by molar-refractivity contribution is -0.274. The first-order valence-electron chi connectivity index (χ1n) is 10.2. The summed E-state index contributed by atoms with van der Waals surface area (Å²) >= 11 is 0. The first kappa shape index (κ1) is 23.8. The zero-order chi connectivity index (χ0) is 25.2. The van der Waals surface area contributed by atoms with Gasteiger partial charge in [0.25, 0.3) is 5.56 Å². The molecular formula is C23H17F4N3O5. The van der Waals surface area contributed by atoms with Gasteiger partial charge in [-0.2, -0.15) is 0 Å². The molecule has 2 aromatic carbocycles. The first-order chi connectivity index (χ1) is 16.6. The molecule has 2 heterocycles. The van der Waals surface area contributed by atoms with Gasteiger partial charge in [0.05, 0.1) is 24.2 Å². The van der Waals surface area contributed by atoms with E-state index in [1.165, 1.54) is 24.3 Å². The van der Waals surface area contributed by atoms with Crippen molar-refractivity contribution in [2.24, 2.45) is 0 Å². The molecule has 0 bridgehead atoms. The summed E-state index contributed by atoms with van der Waals surface area (Å²) < 4.78 is 66.3. The van der Waals surface area contributed by atoms with Gasteiger partial charge in [-0.1, -0.05) is 0 Å². The molecule has 0 atom stereocenters. The maximum absolute atomic E-state index is 13.7. The van der Waals surface area contributed by atoms with Gasteiger partial charge in [0.2, 0.25) is 5.76 Å². The van der Waals surface area contributed by atoms with Gasteiger partial charge in [0.1, 0.15) is 23.0 Å². The molecule has 2 aromatic heterocycles. The molecule has 4 aromatic rings. The van der Waals surface area contributed by atoms with Crippen LogP contribution in [0.5, 0.6) is 5.75 Å². The highest BCUT2D eigenvalue weighted by molar-refractivity contribution is 5.86. The summed E-state index contributed by atoms with van der Waals surface area (Å²) in [5.74, 6) is -1.54. The molecule has 0 spiro atoms. The highest BCUT2D eigenvalue weighted by Gasteiger charge is 2.31. The van der Waals surface area contributed by atoms with Crippen LogP contribution < -0.4 is 15.6 Å². The molecule has 4 rings (SSSR count). The number of anilines is 1. The summed E-state index contributed by atoms with van der Waals surface area (Å²) in [5.41, 5.74) is -0.445. The average molecular weight is 491 g/mol. The fraction of sp³-hybridized carbons (Fsp3) is 0.174. The molecule has 0 amide bonds. The van der Waals surface area contributed by atoms with E-state index in [2.05, 4.69) is 20.0 Å². The smallest absolute Gasteiger partial charge is 0.460 e. The Bertz CT molecular complexity index is 1450. The Morgan fingerprint density at radius 2 is 1.94 bits per heavy atom. The Morgan fingerprint density at radius 1 is 1.14 bits per heavy atom. The SMILES string of the molecule is CCOC(=O)c1ccc(CNc2ccc(OC(F)(F)F)cc2-c2nc3cc(F)ccc3[nH]c2=O)o1. The highest BCUT2D eigenvalue weighted by Crippen LogP contribution is 2.33. The first-order valence-corrected chi connectivity index (χ1v) is 10.2. The quantitative estimate of drug-likeness (QED) is 0.277. The second kappa shape index (κ2) is 9.49. The topological polar surface area (TPSA) is 106 Å². The number of halogens is 4. The number of aromatic amines is 1. The van der Waals surface area contributed by atoms with Crippen molar-refractivity contribution in [3.63, 3.8) is 0 Å². The number of carbonyl (C=O) groups is 1. The van der Waals surface area contributed by atoms with Crippen LogP contribution >= 0.6 is 0 Å². The Labute approximate surface area is 194 Å². The molecule has 0 aliphatic rings. The number of nitrogens with one attached hydrogen (secondary N) is 2. The number of rotatable bonds is 7. The number of benzene rings is 2. The summed E-state index contributed by atoms with van der Waals surface area (Å²) in [6.45, 7) is 1.82. The third-order valence-corrected chi connectivity index (χ3v) is 4.73. The van der Waals surface area contributed by atoms with E-state index >= 15 is 0 Å². The summed E-state index contributed by atoms with van der Waals surface area (Å²) in [6, 6.07) is 9.79. The Hall–Kier alpha value is -4.35. The lowest BCUT2D eigenvalue weighted by Crippen LogP contribution is -2.18. The summed E-state index contributed by atoms with van der Waals surface area (Å²) in [7, 11) is 0. The monoisotopic (exact) mass is 491 g/mol. The van der Waals surface area contributed by atoms with Crippen molar-refractivity contribution >= 4 is 22.7 Å². The number of hydrogen-bond donors (Lipinski definition) is 2. The van der Waals surface area contributed by atoms with Gasteiger partial charge in [-0.05, 0) is 49.4 Å². The standard InChI is InChI=1S/C23H17F4N3O5/c1-2-33-22(32)19-8-5-14(34-19)11-28-16-7-4-13(35-23(25,26)27)10-15(16)20-21(31)30-17-6-3-12(24)9-18(17)29-20/h3-10,28H,2,11H2,1H3,(H,30,31). The number of alkyl halides is 3. The fourth-order valence-electron chi connectivity index (χ4n) is 3.28. The summed E-state index contributed by atoms with van der Waals surface area (Å²) in [5, 5.41) is 2.94. The van der Waals surface area contributed by atoms with Crippen molar-refractivity contribution in [1.82, 2.24) is 9.97 Å². The largest absolute Gasteiger partial charge is 0.573 e. The minimum absolute atomic E-state index is 0.00595. The average Bonchev–Trinajstić information content (AvgIpc) is 3.26. The molecule has 182 valence electrons. The maximum Gasteiger partial charge on any atom is 0.573 e. The van der Waals surface area contributed by atoms with Gasteiger partial charge in [-0.15, -0.1) is 13.2 Å². The van der Waals surface area contributed by atoms with Crippen molar-refractivity contribution in [3.05, 3.63) is 76.2 Å². The predicted octanol–water partition coefficient (Wildman–Crippen LogP) is 5.01. The van der Waals surface area contributed by atoms with E-state index in [0.29, 0.717) is 5.76 Å². The van der Waals surface area contributed by atoms with E-state index in [9.17, 15) is 27.2 Å². The van der Waals surface area contributed by atoms with E-state index < -0.39 is 29.5 Å². The van der Waals surface area contributed by atoms with Gasteiger partial charge in [-0.3, -0.25) is 4.79 Å². The fourth-order valence-corrected chi connectivity index (χ4v) is 3.28.